The van der Waals surface area contributed by atoms with E-state index in [1.54, 1.807) is 0 Å². The van der Waals surface area contributed by atoms with Crippen molar-refractivity contribution in [3.63, 3.8) is 0 Å². The van der Waals surface area contributed by atoms with Gasteiger partial charge in [-0.15, -0.1) is 0 Å². The molecule has 2 atom stereocenters. The lowest BCUT2D eigenvalue weighted by atomic mass is 9.99. The number of carbonyl (C=O) groups is 2. The van der Waals surface area contributed by atoms with Gasteiger partial charge in [0, 0.05) is 12.2 Å². The first-order valence-electron chi connectivity index (χ1n) is 6.66. The number of carbonyl (C=O) groups excluding carboxylic acids is 2. The highest BCUT2D eigenvalue weighted by molar-refractivity contribution is 5.81. The molecule has 0 aromatic rings. The van der Waals surface area contributed by atoms with Crippen LogP contribution in [0.15, 0.2) is 25.3 Å². The van der Waals surface area contributed by atoms with Crippen molar-refractivity contribution in [1.82, 2.24) is 0 Å². The largest absolute Gasteiger partial charge is 0.457 e. The first kappa shape index (κ1) is 22.1. The lowest BCUT2D eigenvalue weighted by Gasteiger charge is -2.30. The number of ether oxygens (including phenoxy) is 2. The first-order valence-corrected chi connectivity index (χ1v) is 6.66. The average molecular weight is 358 g/mol. The fraction of sp³-hybridized carbons (Fsp3) is 0.571. The minimum Gasteiger partial charge on any atom is -0.457 e. The van der Waals surface area contributed by atoms with Gasteiger partial charge in [-0.1, -0.05) is 13.2 Å². The van der Waals surface area contributed by atoms with E-state index in [9.17, 15) is 27.2 Å². The quantitative estimate of drug-likeness (QED) is 0.328. The third-order valence-corrected chi connectivity index (χ3v) is 2.81. The maximum Gasteiger partial charge on any atom is 0.330 e. The number of halogens is 4. The Bertz CT molecular complexity index is 424. The van der Waals surface area contributed by atoms with Crippen molar-refractivity contribution in [2.45, 2.75) is 36.9 Å². The van der Waals surface area contributed by atoms with Gasteiger partial charge in [-0.05, 0) is 0 Å². The second-order valence-corrected chi connectivity index (χ2v) is 4.71. The molecule has 0 rings (SSSR count). The zero-order valence-electron chi connectivity index (χ0n) is 12.6. The van der Waals surface area contributed by atoms with Crippen LogP contribution in [0.3, 0.4) is 0 Å². The summed E-state index contributed by atoms with van der Waals surface area (Å²) in [6.07, 6.45) is -5.89. The number of rotatable bonds is 11. The lowest BCUT2D eigenvalue weighted by molar-refractivity contribution is -0.238. The summed E-state index contributed by atoms with van der Waals surface area (Å²) < 4.78 is 63.8. The van der Waals surface area contributed by atoms with Crippen molar-refractivity contribution in [3.05, 3.63) is 25.3 Å². The third-order valence-electron chi connectivity index (χ3n) is 2.81. The number of esters is 2. The van der Waals surface area contributed by atoms with E-state index in [1.165, 1.54) is 0 Å². The molecule has 0 amide bonds. The Morgan fingerprint density at radius 1 is 0.875 bits per heavy atom. The zero-order valence-corrected chi connectivity index (χ0v) is 12.6. The molecule has 2 unspecified atom stereocenters. The number of aliphatic hydroxyl groups excluding tert-OH is 2. The van der Waals surface area contributed by atoms with Crippen LogP contribution in [-0.2, 0) is 19.1 Å². The van der Waals surface area contributed by atoms with Gasteiger partial charge in [0.15, 0.2) is 0 Å². The van der Waals surface area contributed by atoms with Gasteiger partial charge in [-0.3, -0.25) is 0 Å². The molecule has 2 N–H and O–H groups in total. The molecule has 0 aromatic heterocycles. The summed E-state index contributed by atoms with van der Waals surface area (Å²) in [4.78, 5) is 21.8. The van der Waals surface area contributed by atoms with Crippen molar-refractivity contribution in [3.8, 4) is 0 Å². The van der Waals surface area contributed by atoms with Crippen LogP contribution in [-0.4, -0.2) is 59.4 Å². The van der Waals surface area contributed by atoms with Crippen molar-refractivity contribution < 1.29 is 46.8 Å². The number of alkyl halides is 4. The van der Waals surface area contributed by atoms with Gasteiger partial charge in [-0.25, -0.2) is 9.59 Å². The van der Waals surface area contributed by atoms with Gasteiger partial charge in [0.2, 0.25) is 0 Å². The highest BCUT2D eigenvalue weighted by atomic mass is 19.3. The SMILES string of the molecule is C=CC(=O)OC(CO)CC(F)(F)C(F)(F)CC(CO)OC(=O)C=C. The predicted molar refractivity (Wildman–Crippen MR) is 73.5 cm³/mol. The molecule has 0 aromatic carbocycles. The monoisotopic (exact) mass is 358 g/mol. The molecule has 0 heterocycles. The van der Waals surface area contributed by atoms with E-state index < -0.39 is 62.0 Å². The Morgan fingerprint density at radius 2 is 1.17 bits per heavy atom. The molecule has 0 aliphatic heterocycles. The highest BCUT2D eigenvalue weighted by Crippen LogP contribution is 2.41. The second kappa shape index (κ2) is 9.38. The smallest absolute Gasteiger partial charge is 0.330 e. The lowest BCUT2D eigenvalue weighted by Crippen LogP contribution is -2.47. The Kier molecular flexibility index (Phi) is 8.62. The molecule has 0 spiro atoms. The fourth-order valence-corrected chi connectivity index (χ4v) is 1.58. The summed E-state index contributed by atoms with van der Waals surface area (Å²) >= 11 is 0. The normalized spacial score (nSPS) is 14.4. The predicted octanol–water partition coefficient (Wildman–Crippen LogP) is 1.22. The molecule has 0 saturated heterocycles. The number of aliphatic hydroxyl groups is 2. The highest BCUT2D eigenvalue weighted by Gasteiger charge is 2.58. The molecule has 138 valence electrons. The van der Waals surface area contributed by atoms with Gasteiger partial charge in [-0.2, -0.15) is 17.6 Å². The Balaban J connectivity index is 5.05. The van der Waals surface area contributed by atoms with Crippen LogP contribution in [0.2, 0.25) is 0 Å². The van der Waals surface area contributed by atoms with Crippen LogP contribution in [0.5, 0.6) is 0 Å². The van der Waals surface area contributed by atoms with Crippen LogP contribution >= 0.6 is 0 Å². The molecular weight excluding hydrogens is 340 g/mol. The maximum absolute atomic E-state index is 13.8. The fourth-order valence-electron chi connectivity index (χ4n) is 1.58. The van der Waals surface area contributed by atoms with Gasteiger partial charge in [0.1, 0.15) is 12.2 Å². The van der Waals surface area contributed by atoms with Gasteiger partial charge < -0.3 is 19.7 Å². The Labute approximate surface area is 135 Å². The molecule has 0 bridgehead atoms. The minimum atomic E-state index is -4.71. The van der Waals surface area contributed by atoms with Gasteiger partial charge in [0.25, 0.3) is 0 Å². The van der Waals surface area contributed by atoms with Crippen molar-refractivity contribution >= 4 is 11.9 Å². The van der Waals surface area contributed by atoms with Gasteiger partial charge >= 0.3 is 23.8 Å². The van der Waals surface area contributed by atoms with Crippen LogP contribution < -0.4 is 0 Å². The topological polar surface area (TPSA) is 93.1 Å². The van der Waals surface area contributed by atoms with E-state index >= 15 is 0 Å². The first-order chi connectivity index (χ1) is 11.0. The molecule has 6 nitrogen and oxygen atoms in total. The van der Waals surface area contributed by atoms with Crippen LogP contribution in [0.4, 0.5) is 17.6 Å². The van der Waals surface area contributed by atoms with E-state index in [1.807, 2.05) is 0 Å². The van der Waals surface area contributed by atoms with E-state index in [2.05, 4.69) is 22.6 Å². The Morgan fingerprint density at radius 3 is 1.38 bits per heavy atom. The van der Waals surface area contributed by atoms with Crippen molar-refractivity contribution in [2.75, 3.05) is 13.2 Å². The molecule has 0 saturated carbocycles. The summed E-state index contributed by atoms with van der Waals surface area (Å²) in [6.45, 7) is 3.78. The summed E-state index contributed by atoms with van der Waals surface area (Å²) in [6, 6.07) is 0. The van der Waals surface area contributed by atoms with Crippen LogP contribution in [0, 0.1) is 0 Å². The van der Waals surface area contributed by atoms with Crippen molar-refractivity contribution in [2.24, 2.45) is 0 Å². The second-order valence-electron chi connectivity index (χ2n) is 4.71. The third kappa shape index (κ3) is 6.67. The molecule has 0 aliphatic rings. The van der Waals surface area contributed by atoms with E-state index in [0.29, 0.717) is 12.2 Å². The molecule has 0 fully saturated rings. The summed E-state index contributed by atoms with van der Waals surface area (Å²) in [5.41, 5.74) is 0. The molecule has 10 heteroatoms. The Hall–Kier alpha value is -1.94. The standard InChI is InChI=1S/C14H18F4O6/c1-3-11(21)23-9(7-19)5-13(15,16)14(17,18)6-10(8-20)24-12(22)4-2/h3-4,9-10,19-20H,1-2,5-8H2. The van der Waals surface area contributed by atoms with Crippen LogP contribution in [0.25, 0.3) is 0 Å². The summed E-state index contributed by atoms with van der Waals surface area (Å²) in [7, 11) is 0. The number of hydrogen-bond donors (Lipinski definition) is 2. The molecule has 0 aliphatic carbocycles. The summed E-state index contributed by atoms with van der Waals surface area (Å²) in [5, 5.41) is 17.7. The maximum atomic E-state index is 13.8. The molecule has 0 radical (unpaired) electrons. The average Bonchev–Trinajstić information content (AvgIpc) is 2.52. The molecule has 24 heavy (non-hydrogen) atoms. The van der Waals surface area contributed by atoms with Crippen LogP contribution in [0.1, 0.15) is 12.8 Å². The summed E-state index contributed by atoms with van der Waals surface area (Å²) in [5.74, 6) is -11.8. The zero-order chi connectivity index (χ0) is 19.0. The van der Waals surface area contributed by atoms with E-state index in [0.717, 1.165) is 0 Å². The molecular formula is C14H18F4O6. The van der Waals surface area contributed by atoms with E-state index in [-0.39, 0.29) is 0 Å². The number of hydrogen-bond acceptors (Lipinski definition) is 6. The minimum absolute atomic E-state index is 0.621. The van der Waals surface area contributed by atoms with Gasteiger partial charge in [0.05, 0.1) is 26.1 Å². The van der Waals surface area contributed by atoms with E-state index in [4.69, 9.17) is 10.2 Å². The van der Waals surface area contributed by atoms with Crippen molar-refractivity contribution in [1.29, 1.82) is 0 Å².